The Hall–Kier alpha value is -3.14. The lowest BCUT2D eigenvalue weighted by Crippen LogP contribution is -1.89. The van der Waals surface area contributed by atoms with Crippen LogP contribution in [0, 0.1) is 0 Å². The molecule has 2 heterocycles. The van der Waals surface area contributed by atoms with Crippen molar-refractivity contribution >= 4 is 0 Å². The maximum atomic E-state index is 5.56. The number of rotatable bonds is 3. The molecule has 0 saturated carbocycles. The molecular formula is C20H16N2O2. The fourth-order valence-corrected chi connectivity index (χ4v) is 3.03. The fourth-order valence-electron chi connectivity index (χ4n) is 3.03. The minimum Gasteiger partial charge on any atom is -0.481 e. The molecule has 4 rings (SSSR count). The van der Waals surface area contributed by atoms with E-state index in [0.29, 0.717) is 11.8 Å². The van der Waals surface area contributed by atoms with Gasteiger partial charge in [-0.05, 0) is 12.1 Å². The summed E-state index contributed by atoms with van der Waals surface area (Å²) in [4.78, 5) is 9.24. The number of hydrogen-bond donors (Lipinski definition) is 0. The van der Waals surface area contributed by atoms with E-state index < -0.39 is 0 Å². The van der Waals surface area contributed by atoms with Gasteiger partial charge in [-0.1, -0.05) is 48.5 Å². The van der Waals surface area contributed by atoms with Crippen LogP contribution in [-0.2, 0) is 0 Å². The maximum Gasteiger partial charge on any atom is 0.222 e. The van der Waals surface area contributed by atoms with Crippen LogP contribution in [0.4, 0.5) is 0 Å². The van der Waals surface area contributed by atoms with Crippen molar-refractivity contribution in [1.82, 2.24) is 9.97 Å². The molecule has 0 aromatic carbocycles. The highest BCUT2D eigenvalue weighted by molar-refractivity contribution is 5.97. The van der Waals surface area contributed by atoms with E-state index in [1.165, 1.54) is 0 Å². The van der Waals surface area contributed by atoms with E-state index in [1.54, 1.807) is 14.2 Å². The van der Waals surface area contributed by atoms with Crippen LogP contribution < -0.4 is 9.47 Å². The summed E-state index contributed by atoms with van der Waals surface area (Å²) in [5, 5.41) is 0. The van der Waals surface area contributed by atoms with Crippen LogP contribution in [0.1, 0.15) is 0 Å². The highest BCUT2D eigenvalue weighted by atomic mass is 16.5. The van der Waals surface area contributed by atoms with Gasteiger partial charge in [0.05, 0.1) is 36.7 Å². The van der Waals surface area contributed by atoms with Crippen LogP contribution in [0.15, 0.2) is 60.7 Å². The predicted octanol–water partition coefficient (Wildman–Crippen LogP) is 4.37. The molecule has 4 heteroatoms. The first-order chi connectivity index (χ1) is 11.8. The standard InChI is InChI=1S/C20H16N2O2/c1-23-19-17(13-9-5-3-7-11-15(13)21-19)18-14-10-6-4-8-12-16(14)22-20(18)24-2/h3-12H,1-2H3. The number of ether oxygens (including phenoxy) is 2. The zero-order valence-electron chi connectivity index (χ0n) is 13.5. The summed E-state index contributed by atoms with van der Waals surface area (Å²) < 4.78 is 11.1. The predicted molar refractivity (Wildman–Crippen MR) is 93.8 cm³/mol. The van der Waals surface area contributed by atoms with Crippen molar-refractivity contribution in [3.8, 4) is 45.4 Å². The van der Waals surface area contributed by atoms with Gasteiger partial charge in [0.1, 0.15) is 0 Å². The third kappa shape index (κ3) is 2.15. The highest BCUT2D eigenvalue weighted by Crippen LogP contribution is 2.49. The second kappa shape index (κ2) is 5.81. The lowest BCUT2D eigenvalue weighted by Gasteiger charge is -2.06. The SMILES string of the molecule is COc1nc2cccccc-2c1-c1c2cccccc-2nc1OC. The van der Waals surface area contributed by atoms with Crippen molar-refractivity contribution in [1.29, 1.82) is 0 Å². The minimum absolute atomic E-state index is 0.579. The Morgan fingerprint density at radius 2 is 1.00 bits per heavy atom. The Balaban J connectivity index is 2.09. The Morgan fingerprint density at radius 1 is 0.583 bits per heavy atom. The number of hydrogen-bond acceptors (Lipinski definition) is 4. The monoisotopic (exact) mass is 316 g/mol. The van der Waals surface area contributed by atoms with Crippen LogP contribution >= 0.6 is 0 Å². The molecule has 0 N–H and O–H groups in total. The van der Waals surface area contributed by atoms with E-state index in [2.05, 4.69) is 9.97 Å². The molecule has 0 aromatic heterocycles. The summed E-state index contributed by atoms with van der Waals surface area (Å²) in [7, 11) is 3.27. The molecule has 0 spiro atoms. The molecule has 0 aromatic rings. The van der Waals surface area contributed by atoms with Crippen molar-refractivity contribution in [2.24, 2.45) is 0 Å². The minimum atomic E-state index is 0.579. The number of fused-ring (bicyclic) bond motifs is 2. The molecule has 4 aliphatic rings. The summed E-state index contributed by atoms with van der Waals surface area (Å²) >= 11 is 0. The van der Waals surface area contributed by atoms with Gasteiger partial charge in [-0.15, -0.1) is 0 Å². The van der Waals surface area contributed by atoms with E-state index in [9.17, 15) is 0 Å². The van der Waals surface area contributed by atoms with Gasteiger partial charge in [0.2, 0.25) is 11.8 Å². The number of methoxy groups -OCH3 is 2. The van der Waals surface area contributed by atoms with Crippen molar-refractivity contribution in [3.63, 3.8) is 0 Å². The zero-order valence-corrected chi connectivity index (χ0v) is 13.5. The Bertz CT molecular complexity index is 873. The number of aromatic nitrogens is 2. The molecule has 2 aliphatic carbocycles. The molecule has 2 aliphatic heterocycles. The van der Waals surface area contributed by atoms with E-state index in [1.807, 2.05) is 60.7 Å². The van der Waals surface area contributed by atoms with E-state index in [4.69, 9.17) is 9.47 Å². The zero-order chi connectivity index (χ0) is 16.5. The van der Waals surface area contributed by atoms with Crippen molar-refractivity contribution in [2.45, 2.75) is 0 Å². The van der Waals surface area contributed by atoms with Gasteiger partial charge in [-0.3, -0.25) is 0 Å². The summed E-state index contributed by atoms with van der Waals surface area (Å²) in [5.74, 6) is 1.16. The maximum absolute atomic E-state index is 5.56. The normalized spacial score (nSPS) is 10.9. The molecular weight excluding hydrogens is 300 g/mol. The molecule has 0 fully saturated rings. The van der Waals surface area contributed by atoms with Crippen LogP contribution in [0.2, 0.25) is 0 Å². The van der Waals surface area contributed by atoms with Gasteiger partial charge in [-0.2, -0.15) is 0 Å². The fraction of sp³-hybridized carbons (Fsp3) is 0.100. The molecule has 24 heavy (non-hydrogen) atoms. The summed E-state index contributed by atoms with van der Waals surface area (Å²) in [6, 6.07) is 19.9. The van der Waals surface area contributed by atoms with E-state index >= 15 is 0 Å². The largest absolute Gasteiger partial charge is 0.481 e. The second-order valence-electron chi connectivity index (χ2n) is 5.41. The molecule has 0 amide bonds. The van der Waals surface area contributed by atoms with E-state index in [-0.39, 0.29) is 0 Å². The Labute approximate surface area is 140 Å². The summed E-state index contributed by atoms with van der Waals surface area (Å²) in [6.07, 6.45) is 0. The average molecular weight is 316 g/mol. The lowest BCUT2D eigenvalue weighted by atomic mass is 9.99. The molecule has 0 unspecified atom stereocenters. The van der Waals surface area contributed by atoms with Crippen LogP contribution in [-0.4, -0.2) is 24.2 Å². The van der Waals surface area contributed by atoms with Crippen LogP contribution in [0.3, 0.4) is 0 Å². The van der Waals surface area contributed by atoms with Crippen LogP contribution in [0.25, 0.3) is 33.6 Å². The third-order valence-corrected chi connectivity index (χ3v) is 4.08. The smallest absolute Gasteiger partial charge is 0.222 e. The van der Waals surface area contributed by atoms with Crippen molar-refractivity contribution in [2.75, 3.05) is 14.2 Å². The Morgan fingerprint density at radius 3 is 1.42 bits per heavy atom. The molecule has 0 saturated heterocycles. The van der Waals surface area contributed by atoms with Gasteiger partial charge < -0.3 is 9.47 Å². The first-order valence-corrected chi connectivity index (χ1v) is 7.69. The molecule has 0 radical (unpaired) electrons. The molecule has 0 bridgehead atoms. The quantitative estimate of drug-likeness (QED) is 0.563. The van der Waals surface area contributed by atoms with Gasteiger partial charge in [0.15, 0.2) is 0 Å². The third-order valence-electron chi connectivity index (χ3n) is 4.08. The van der Waals surface area contributed by atoms with Gasteiger partial charge in [0, 0.05) is 11.1 Å². The first kappa shape index (κ1) is 14.5. The van der Waals surface area contributed by atoms with Crippen molar-refractivity contribution in [3.05, 3.63) is 60.7 Å². The first-order valence-electron chi connectivity index (χ1n) is 7.69. The molecule has 118 valence electrons. The lowest BCUT2D eigenvalue weighted by molar-refractivity contribution is 0.397. The average Bonchev–Trinajstić information content (AvgIpc) is 2.89. The second-order valence-corrected chi connectivity index (χ2v) is 5.41. The molecule has 4 nitrogen and oxygen atoms in total. The summed E-state index contributed by atoms with van der Waals surface area (Å²) in [5.41, 5.74) is 5.60. The highest BCUT2D eigenvalue weighted by Gasteiger charge is 2.28. The van der Waals surface area contributed by atoms with Gasteiger partial charge >= 0.3 is 0 Å². The van der Waals surface area contributed by atoms with Gasteiger partial charge in [0.25, 0.3) is 0 Å². The topological polar surface area (TPSA) is 44.2 Å². The Kier molecular flexibility index (Phi) is 3.50. The number of nitrogens with zero attached hydrogens (tertiary/aromatic N) is 2. The van der Waals surface area contributed by atoms with Gasteiger partial charge in [-0.25, -0.2) is 9.97 Å². The van der Waals surface area contributed by atoms with Crippen molar-refractivity contribution < 1.29 is 9.47 Å². The summed E-state index contributed by atoms with van der Waals surface area (Å²) in [6.45, 7) is 0. The molecule has 0 atom stereocenters. The van der Waals surface area contributed by atoms with E-state index in [0.717, 1.165) is 33.6 Å². The van der Waals surface area contributed by atoms with Crippen LogP contribution in [0.5, 0.6) is 11.8 Å².